The normalized spacial score (nSPS) is 11.8. The highest BCUT2D eigenvalue weighted by Gasteiger charge is 2.16. The summed E-state index contributed by atoms with van der Waals surface area (Å²) >= 11 is 0. The lowest BCUT2D eigenvalue weighted by molar-refractivity contribution is 0.104. The number of carbonyl (C=O) groups excluding carboxylic acids is 1. The van der Waals surface area contributed by atoms with Crippen molar-refractivity contribution in [3.63, 3.8) is 0 Å². The predicted molar refractivity (Wildman–Crippen MR) is 78.2 cm³/mol. The molecule has 0 fully saturated rings. The average molecular weight is 293 g/mol. The minimum Gasteiger partial charge on any atom is -0.391 e. The number of halogens is 1. The fourth-order valence-corrected chi connectivity index (χ4v) is 2.06. The van der Waals surface area contributed by atoms with Crippen molar-refractivity contribution < 1.29 is 14.3 Å². The van der Waals surface area contributed by atoms with Gasteiger partial charge in [-0.2, -0.15) is 5.26 Å². The number of carbonyl (C=O) groups is 1. The Hall–Kier alpha value is -2.13. The van der Waals surface area contributed by atoms with Crippen molar-refractivity contribution in [3.8, 4) is 6.07 Å². The Morgan fingerprint density at radius 1 is 1.43 bits per heavy atom. The second kappa shape index (κ2) is 8.22. The Bertz CT molecular complexity index is 524. The number of rotatable bonds is 6. The molecule has 1 atom stereocenters. The summed E-state index contributed by atoms with van der Waals surface area (Å²) in [6.07, 6.45) is 1.07. The number of nitrogens with zero attached hydrogens (tertiary/aromatic N) is 1. The Labute approximate surface area is 123 Å². The van der Waals surface area contributed by atoms with Gasteiger partial charge in [0.1, 0.15) is 11.9 Å². The van der Waals surface area contributed by atoms with Gasteiger partial charge in [-0.1, -0.05) is 26.7 Å². The Morgan fingerprint density at radius 2 is 2.10 bits per heavy atom. The predicted octanol–water partition coefficient (Wildman–Crippen LogP) is 2.62. The monoisotopic (exact) mass is 293 g/mol. The van der Waals surface area contributed by atoms with Crippen LogP contribution in [0.3, 0.4) is 0 Å². The van der Waals surface area contributed by atoms with Crippen molar-refractivity contribution in [2.24, 2.45) is 5.92 Å². The zero-order valence-electron chi connectivity index (χ0n) is 12.2. The average Bonchev–Trinajstić information content (AvgIpc) is 2.48. The van der Waals surface area contributed by atoms with Gasteiger partial charge >= 0.3 is 6.03 Å². The molecule has 0 radical (unpaired) electrons. The Morgan fingerprint density at radius 3 is 2.67 bits per heavy atom. The molecule has 6 heteroatoms. The first kappa shape index (κ1) is 16.9. The summed E-state index contributed by atoms with van der Waals surface area (Å²) in [6.45, 7) is 4.11. The first-order valence-corrected chi connectivity index (χ1v) is 6.94. The minimum absolute atomic E-state index is 0.134. The molecule has 0 saturated heterocycles. The van der Waals surface area contributed by atoms with Crippen molar-refractivity contribution in [1.82, 2.24) is 5.32 Å². The van der Waals surface area contributed by atoms with E-state index >= 15 is 0 Å². The number of anilines is 1. The third kappa shape index (κ3) is 5.04. The van der Waals surface area contributed by atoms with Crippen LogP contribution in [0.4, 0.5) is 14.9 Å². The van der Waals surface area contributed by atoms with Crippen LogP contribution < -0.4 is 10.6 Å². The molecule has 1 unspecified atom stereocenters. The Balaban J connectivity index is 2.53. The first-order valence-electron chi connectivity index (χ1n) is 6.94. The quantitative estimate of drug-likeness (QED) is 0.753. The zero-order valence-corrected chi connectivity index (χ0v) is 12.2. The van der Waals surface area contributed by atoms with Crippen LogP contribution in [0.5, 0.6) is 0 Å². The Kier molecular flexibility index (Phi) is 6.63. The first-order chi connectivity index (χ1) is 10.0. The lowest BCUT2D eigenvalue weighted by Crippen LogP contribution is -2.38. The van der Waals surface area contributed by atoms with Crippen molar-refractivity contribution in [3.05, 3.63) is 29.6 Å². The van der Waals surface area contributed by atoms with Crippen molar-refractivity contribution in [2.75, 3.05) is 11.9 Å². The standard InChI is InChI=1S/C15H20FN3O2/c1-3-10(4-2)14(20)9-18-15(21)19-12-5-6-13(16)11(7-12)8-17/h5-7,10,14,20H,3-4,9H2,1-2H3,(H2,18,19,21). The molecule has 1 rings (SSSR count). The maximum atomic E-state index is 13.1. The zero-order chi connectivity index (χ0) is 15.8. The van der Waals surface area contributed by atoms with E-state index in [2.05, 4.69) is 10.6 Å². The van der Waals surface area contributed by atoms with Crippen molar-refractivity contribution >= 4 is 11.7 Å². The third-order valence-electron chi connectivity index (χ3n) is 3.41. The molecule has 0 bridgehead atoms. The number of aliphatic hydroxyl groups is 1. The molecule has 0 aliphatic rings. The maximum Gasteiger partial charge on any atom is 0.319 e. The number of hydrogen-bond donors (Lipinski definition) is 3. The molecule has 0 aliphatic carbocycles. The second-order valence-corrected chi connectivity index (χ2v) is 4.79. The van der Waals surface area contributed by atoms with Gasteiger partial charge in [-0.05, 0) is 24.1 Å². The van der Waals surface area contributed by atoms with Gasteiger partial charge < -0.3 is 15.7 Å². The van der Waals surface area contributed by atoms with Crippen molar-refractivity contribution in [2.45, 2.75) is 32.8 Å². The van der Waals surface area contributed by atoms with Crippen LogP contribution in [-0.2, 0) is 0 Å². The van der Waals surface area contributed by atoms with Crippen LogP contribution in [0.2, 0.25) is 0 Å². The fraction of sp³-hybridized carbons (Fsp3) is 0.467. The summed E-state index contributed by atoms with van der Waals surface area (Å²) in [5, 5.41) is 23.7. The van der Waals surface area contributed by atoms with E-state index in [0.717, 1.165) is 18.9 Å². The van der Waals surface area contributed by atoms with Crippen LogP contribution in [0.25, 0.3) is 0 Å². The molecule has 114 valence electrons. The van der Waals surface area contributed by atoms with E-state index in [-0.39, 0.29) is 18.0 Å². The fourth-order valence-electron chi connectivity index (χ4n) is 2.06. The molecule has 0 aliphatic heterocycles. The highest BCUT2D eigenvalue weighted by molar-refractivity contribution is 5.89. The number of benzene rings is 1. The van der Waals surface area contributed by atoms with Crippen LogP contribution in [0, 0.1) is 23.1 Å². The lowest BCUT2D eigenvalue weighted by Gasteiger charge is -2.20. The van der Waals surface area contributed by atoms with Crippen LogP contribution in [0.15, 0.2) is 18.2 Å². The summed E-state index contributed by atoms with van der Waals surface area (Å²) < 4.78 is 13.1. The van der Waals surface area contributed by atoms with E-state index in [1.54, 1.807) is 6.07 Å². The van der Waals surface area contributed by atoms with E-state index in [1.807, 2.05) is 13.8 Å². The van der Waals surface area contributed by atoms with E-state index in [0.29, 0.717) is 5.69 Å². The molecular weight excluding hydrogens is 273 g/mol. The van der Waals surface area contributed by atoms with Gasteiger partial charge in [0, 0.05) is 12.2 Å². The number of aliphatic hydroxyl groups excluding tert-OH is 1. The summed E-state index contributed by atoms with van der Waals surface area (Å²) in [5.74, 6) is -0.492. The van der Waals surface area contributed by atoms with Gasteiger partial charge in [-0.3, -0.25) is 0 Å². The minimum atomic E-state index is -0.632. The van der Waals surface area contributed by atoms with E-state index in [9.17, 15) is 14.3 Å². The maximum absolute atomic E-state index is 13.1. The molecular formula is C15H20FN3O2. The second-order valence-electron chi connectivity index (χ2n) is 4.79. The van der Waals surface area contributed by atoms with Crippen LogP contribution in [0.1, 0.15) is 32.3 Å². The molecule has 21 heavy (non-hydrogen) atoms. The molecule has 0 aromatic heterocycles. The molecule has 1 aromatic rings. The van der Waals surface area contributed by atoms with Gasteiger partial charge in [0.2, 0.25) is 0 Å². The van der Waals surface area contributed by atoms with Gasteiger partial charge in [-0.15, -0.1) is 0 Å². The number of urea groups is 1. The molecule has 0 spiro atoms. The van der Waals surface area contributed by atoms with Crippen molar-refractivity contribution in [1.29, 1.82) is 5.26 Å². The SMILES string of the molecule is CCC(CC)C(O)CNC(=O)Nc1ccc(F)c(C#N)c1. The van der Waals surface area contributed by atoms with Gasteiger partial charge in [0.05, 0.1) is 11.7 Å². The molecule has 3 N–H and O–H groups in total. The highest BCUT2D eigenvalue weighted by atomic mass is 19.1. The number of amides is 2. The third-order valence-corrected chi connectivity index (χ3v) is 3.41. The summed E-state index contributed by atoms with van der Waals surface area (Å²) in [4.78, 5) is 11.7. The lowest BCUT2D eigenvalue weighted by atomic mass is 9.97. The number of nitrogens with one attached hydrogen (secondary N) is 2. The summed E-state index contributed by atoms with van der Waals surface area (Å²) in [6, 6.07) is 4.94. The smallest absolute Gasteiger partial charge is 0.319 e. The number of hydrogen-bond acceptors (Lipinski definition) is 3. The molecule has 2 amide bonds. The van der Waals surface area contributed by atoms with Gasteiger partial charge in [0.25, 0.3) is 0 Å². The molecule has 1 aromatic carbocycles. The summed E-state index contributed by atoms with van der Waals surface area (Å²) in [5.41, 5.74) is 0.187. The van der Waals surface area contributed by atoms with E-state index in [4.69, 9.17) is 5.26 Å². The van der Waals surface area contributed by atoms with E-state index < -0.39 is 18.0 Å². The molecule has 0 saturated carbocycles. The topological polar surface area (TPSA) is 85.2 Å². The largest absolute Gasteiger partial charge is 0.391 e. The molecule has 0 heterocycles. The van der Waals surface area contributed by atoms with Gasteiger partial charge in [-0.25, -0.2) is 9.18 Å². The number of nitriles is 1. The highest BCUT2D eigenvalue weighted by Crippen LogP contribution is 2.14. The van der Waals surface area contributed by atoms with Crippen LogP contribution >= 0.6 is 0 Å². The molecule has 5 nitrogen and oxygen atoms in total. The summed E-state index contributed by atoms with van der Waals surface area (Å²) in [7, 11) is 0. The van der Waals surface area contributed by atoms with Gasteiger partial charge in [0.15, 0.2) is 0 Å². The van der Waals surface area contributed by atoms with E-state index in [1.165, 1.54) is 12.1 Å². The van der Waals surface area contributed by atoms with Crippen LogP contribution in [-0.4, -0.2) is 23.8 Å².